The molecule has 0 aliphatic carbocycles. The molecular weight excluding hydrogens is 416 g/mol. The zero-order valence-electron chi connectivity index (χ0n) is 17.5. The van der Waals surface area contributed by atoms with E-state index in [1.54, 1.807) is 25.2 Å². The van der Waals surface area contributed by atoms with E-state index in [1.807, 2.05) is 37.3 Å². The number of amides is 1. The predicted molar refractivity (Wildman–Crippen MR) is 121 cm³/mol. The van der Waals surface area contributed by atoms with Crippen molar-refractivity contribution in [2.24, 2.45) is 4.99 Å². The Bertz CT molecular complexity index is 1030. The molecule has 9 heteroatoms. The van der Waals surface area contributed by atoms with E-state index >= 15 is 0 Å². The molecule has 0 atom stereocenters. The number of hydrogen-bond acceptors (Lipinski definition) is 5. The molecule has 0 saturated carbocycles. The Morgan fingerprint density at radius 2 is 1.97 bits per heavy atom. The van der Waals surface area contributed by atoms with E-state index in [2.05, 4.69) is 31.1 Å². The molecule has 3 N–H and O–H groups in total. The molecule has 1 amide bonds. The van der Waals surface area contributed by atoms with Gasteiger partial charge in [-0.15, -0.1) is 0 Å². The number of nitrogens with one attached hydrogen (secondary N) is 3. The molecule has 31 heavy (non-hydrogen) atoms. The van der Waals surface area contributed by atoms with Crippen LogP contribution in [-0.2, 0) is 13.0 Å². The van der Waals surface area contributed by atoms with Gasteiger partial charge in [0.25, 0.3) is 5.91 Å². The van der Waals surface area contributed by atoms with Crippen LogP contribution in [0, 0.1) is 0 Å². The highest BCUT2D eigenvalue weighted by atomic mass is 35.5. The van der Waals surface area contributed by atoms with E-state index in [0.29, 0.717) is 34.8 Å². The van der Waals surface area contributed by atoms with Crippen molar-refractivity contribution in [1.82, 2.24) is 26.1 Å². The van der Waals surface area contributed by atoms with Crippen molar-refractivity contribution in [2.75, 3.05) is 20.1 Å². The van der Waals surface area contributed by atoms with Gasteiger partial charge in [0, 0.05) is 36.3 Å². The number of carbonyl (C=O) groups is 1. The number of carbonyl (C=O) groups excluding carboxylic acids is 1. The van der Waals surface area contributed by atoms with Crippen LogP contribution in [0.2, 0.25) is 5.02 Å². The fourth-order valence-electron chi connectivity index (χ4n) is 2.86. The summed E-state index contributed by atoms with van der Waals surface area (Å²) in [6.45, 7) is 3.62. The van der Waals surface area contributed by atoms with Crippen LogP contribution < -0.4 is 16.0 Å². The van der Waals surface area contributed by atoms with Crippen LogP contribution in [0.15, 0.2) is 58.0 Å². The maximum absolute atomic E-state index is 11.8. The average molecular weight is 441 g/mol. The largest absolute Gasteiger partial charge is 0.357 e. The van der Waals surface area contributed by atoms with Gasteiger partial charge in [0.15, 0.2) is 5.96 Å². The van der Waals surface area contributed by atoms with Gasteiger partial charge < -0.3 is 20.5 Å². The summed E-state index contributed by atoms with van der Waals surface area (Å²) < 4.78 is 5.30. The molecular formula is C22H25ClN6O2. The Hall–Kier alpha value is -3.39. The SMILES string of the molecule is CCNC(=NCc1nc(-c2ccc(Cl)cc2)no1)NCCc1cccc(C(=O)NC)c1. The molecule has 1 heterocycles. The summed E-state index contributed by atoms with van der Waals surface area (Å²) in [5, 5.41) is 13.8. The van der Waals surface area contributed by atoms with Gasteiger partial charge in [0.05, 0.1) is 0 Å². The number of aliphatic imine (C=N–C) groups is 1. The van der Waals surface area contributed by atoms with Crippen molar-refractivity contribution >= 4 is 23.5 Å². The average Bonchev–Trinajstić information content (AvgIpc) is 3.26. The van der Waals surface area contributed by atoms with E-state index in [4.69, 9.17) is 16.1 Å². The van der Waals surface area contributed by atoms with Crippen molar-refractivity contribution in [1.29, 1.82) is 0 Å². The fraction of sp³-hybridized carbons (Fsp3) is 0.273. The summed E-state index contributed by atoms with van der Waals surface area (Å²) in [5.41, 5.74) is 2.54. The lowest BCUT2D eigenvalue weighted by Crippen LogP contribution is -2.38. The Kier molecular flexibility index (Phi) is 8.00. The van der Waals surface area contributed by atoms with Crippen molar-refractivity contribution in [2.45, 2.75) is 19.9 Å². The van der Waals surface area contributed by atoms with Gasteiger partial charge in [0.2, 0.25) is 11.7 Å². The summed E-state index contributed by atoms with van der Waals surface area (Å²) in [4.78, 5) is 20.7. The van der Waals surface area contributed by atoms with E-state index in [0.717, 1.165) is 24.1 Å². The zero-order valence-corrected chi connectivity index (χ0v) is 18.2. The molecule has 3 aromatic rings. The molecule has 0 spiro atoms. The zero-order chi connectivity index (χ0) is 22.1. The van der Waals surface area contributed by atoms with Crippen LogP contribution >= 0.6 is 11.6 Å². The fourth-order valence-corrected chi connectivity index (χ4v) is 2.99. The third-order valence-electron chi connectivity index (χ3n) is 4.41. The highest BCUT2D eigenvalue weighted by molar-refractivity contribution is 6.30. The molecule has 0 bridgehead atoms. The third kappa shape index (κ3) is 6.55. The number of rotatable bonds is 8. The Balaban J connectivity index is 1.57. The molecule has 3 rings (SSSR count). The minimum atomic E-state index is -0.0952. The van der Waals surface area contributed by atoms with Crippen molar-refractivity contribution in [3.8, 4) is 11.4 Å². The number of benzene rings is 2. The molecule has 0 fully saturated rings. The van der Waals surface area contributed by atoms with Crippen molar-refractivity contribution in [3.05, 3.63) is 70.6 Å². The molecule has 0 aliphatic rings. The summed E-state index contributed by atoms with van der Waals surface area (Å²) in [7, 11) is 1.62. The van der Waals surface area contributed by atoms with Gasteiger partial charge >= 0.3 is 0 Å². The summed E-state index contributed by atoms with van der Waals surface area (Å²) in [6, 6.07) is 14.8. The lowest BCUT2D eigenvalue weighted by Gasteiger charge is -2.11. The topological polar surface area (TPSA) is 104 Å². The molecule has 0 aliphatic heterocycles. The standard InChI is InChI=1S/C22H25ClN6O2/c1-3-25-22(26-12-11-15-5-4-6-17(13-15)21(30)24-2)27-14-19-28-20(29-31-19)16-7-9-18(23)10-8-16/h4-10,13H,3,11-12,14H2,1-2H3,(H,24,30)(H2,25,26,27). The first-order valence-electron chi connectivity index (χ1n) is 10.0. The summed E-state index contributed by atoms with van der Waals surface area (Å²) in [6.07, 6.45) is 0.747. The first-order valence-corrected chi connectivity index (χ1v) is 10.4. The van der Waals surface area contributed by atoms with Crippen molar-refractivity contribution in [3.63, 3.8) is 0 Å². The number of nitrogens with zero attached hydrogens (tertiary/aromatic N) is 3. The van der Waals surface area contributed by atoms with Crippen LogP contribution in [0.3, 0.4) is 0 Å². The van der Waals surface area contributed by atoms with Crippen LogP contribution in [0.5, 0.6) is 0 Å². The lowest BCUT2D eigenvalue weighted by molar-refractivity contribution is 0.0963. The van der Waals surface area contributed by atoms with E-state index in [-0.39, 0.29) is 12.5 Å². The summed E-state index contributed by atoms with van der Waals surface area (Å²) in [5.74, 6) is 1.47. The molecule has 8 nitrogen and oxygen atoms in total. The van der Waals surface area contributed by atoms with E-state index in [9.17, 15) is 4.79 Å². The van der Waals surface area contributed by atoms with Gasteiger partial charge in [-0.05, 0) is 55.3 Å². The van der Waals surface area contributed by atoms with Crippen molar-refractivity contribution < 1.29 is 9.32 Å². The van der Waals surface area contributed by atoms with E-state index < -0.39 is 0 Å². The first kappa shape index (κ1) is 22.3. The van der Waals surface area contributed by atoms with Crippen LogP contribution in [0.4, 0.5) is 0 Å². The van der Waals surface area contributed by atoms with Gasteiger partial charge in [-0.3, -0.25) is 4.79 Å². The second-order valence-electron chi connectivity index (χ2n) is 6.67. The number of hydrogen-bond donors (Lipinski definition) is 3. The second kappa shape index (κ2) is 11.1. The maximum atomic E-state index is 11.8. The molecule has 1 aromatic heterocycles. The Morgan fingerprint density at radius 3 is 2.71 bits per heavy atom. The number of halogens is 1. The third-order valence-corrected chi connectivity index (χ3v) is 4.66. The second-order valence-corrected chi connectivity index (χ2v) is 7.11. The quantitative estimate of drug-likeness (QED) is 0.367. The number of guanidine groups is 1. The van der Waals surface area contributed by atoms with Gasteiger partial charge in [0.1, 0.15) is 6.54 Å². The smallest absolute Gasteiger partial charge is 0.251 e. The first-order chi connectivity index (χ1) is 15.1. The van der Waals surface area contributed by atoms with Crippen LogP contribution in [0.25, 0.3) is 11.4 Å². The van der Waals surface area contributed by atoms with Crippen LogP contribution in [-0.4, -0.2) is 42.1 Å². The van der Waals surface area contributed by atoms with Gasteiger partial charge in [-0.2, -0.15) is 4.98 Å². The normalized spacial score (nSPS) is 11.3. The van der Waals surface area contributed by atoms with E-state index in [1.165, 1.54) is 0 Å². The molecule has 162 valence electrons. The van der Waals surface area contributed by atoms with Gasteiger partial charge in [-0.1, -0.05) is 28.9 Å². The highest BCUT2D eigenvalue weighted by Gasteiger charge is 2.09. The molecule has 2 aromatic carbocycles. The maximum Gasteiger partial charge on any atom is 0.251 e. The minimum Gasteiger partial charge on any atom is -0.357 e. The predicted octanol–water partition coefficient (Wildman–Crippen LogP) is 3.05. The monoisotopic (exact) mass is 440 g/mol. The minimum absolute atomic E-state index is 0.0952. The summed E-state index contributed by atoms with van der Waals surface area (Å²) >= 11 is 5.91. The number of aromatic nitrogens is 2. The Labute approximate surface area is 186 Å². The molecule has 0 unspecified atom stereocenters. The molecule has 0 saturated heterocycles. The lowest BCUT2D eigenvalue weighted by atomic mass is 10.1. The Morgan fingerprint density at radius 1 is 1.16 bits per heavy atom. The highest BCUT2D eigenvalue weighted by Crippen LogP contribution is 2.18. The van der Waals surface area contributed by atoms with Gasteiger partial charge in [-0.25, -0.2) is 4.99 Å². The molecule has 0 radical (unpaired) electrons. The van der Waals surface area contributed by atoms with Crippen LogP contribution in [0.1, 0.15) is 28.7 Å².